The van der Waals surface area contributed by atoms with Crippen LogP contribution in [0.1, 0.15) is 46.2 Å². The van der Waals surface area contributed by atoms with Crippen LogP contribution in [0, 0.1) is 0 Å². The number of rotatable bonds is 5. The van der Waals surface area contributed by atoms with Crippen molar-refractivity contribution in [2.45, 2.75) is 31.5 Å². The van der Waals surface area contributed by atoms with Gasteiger partial charge in [-0.15, -0.1) is 0 Å². The van der Waals surface area contributed by atoms with Crippen LogP contribution in [0.3, 0.4) is 0 Å². The lowest BCUT2D eigenvalue weighted by Gasteiger charge is -2.10. The Kier molecular flexibility index (Phi) is 4.89. The fourth-order valence-corrected chi connectivity index (χ4v) is 3.60. The highest BCUT2D eigenvalue weighted by molar-refractivity contribution is 6.33. The standard InChI is InChI=1S/C21H16ClF3N6O/c22-14-11-30(10-12-4-2-1-3-5-12)29-19(14)27-20(32)16-9-18-26-15(13-6-7-13)8-17(21(23,24)25)31(18)28-16/h1-5,8-9,11,13H,6-7,10H2,(H,27,29,32). The Labute approximate surface area is 184 Å². The number of alkyl halides is 3. The van der Waals surface area contributed by atoms with Gasteiger partial charge in [-0.1, -0.05) is 41.9 Å². The van der Waals surface area contributed by atoms with Crippen LogP contribution in [-0.4, -0.2) is 30.3 Å². The molecule has 11 heteroatoms. The molecule has 1 N–H and O–H groups in total. The molecule has 0 saturated heterocycles. The van der Waals surface area contributed by atoms with Gasteiger partial charge >= 0.3 is 6.18 Å². The normalized spacial score (nSPS) is 14.1. The van der Waals surface area contributed by atoms with Crippen molar-refractivity contribution in [1.82, 2.24) is 24.4 Å². The zero-order chi connectivity index (χ0) is 22.5. The van der Waals surface area contributed by atoms with Crippen molar-refractivity contribution in [3.05, 3.63) is 76.3 Å². The summed E-state index contributed by atoms with van der Waals surface area (Å²) in [5.41, 5.74) is 0.132. The first kappa shape index (κ1) is 20.5. The topological polar surface area (TPSA) is 77.1 Å². The molecule has 1 aromatic carbocycles. The number of hydrogen-bond donors (Lipinski definition) is 1. The summed E-state index contributed by atoms with van der Waals surface area (Å²) in [5, 5.41) is 10.8. The molecule has 3 heterocycles. The third kappa shape index (κ3) is 4.05. The molecule has 0 aliphatic heterocycles. The predicted molar refractivity (Wildman–Crippen MR) is 111 cm³/mol. The number of amides is 1. The third-order valence-corrected chi connectivity index (χ3v) is 5.38. The van der Waals surface area contributed by atoms with E-state index >= 15 is 0 Å². The van der Waals surface area contributed by atoms with E-state index in [0.717, 1.165) is 24.5 Å². The van der Waals surface area contributed by atoms with E-state index < -0.39 is 17.8 Å². The summed E-state index contributed by atoms with van der Waals surface area (Å²) in [5.74, 6) is -0.628. The third-order valence-electron chi connectivity index (χ3n) is 5.10. The minimum absolute atomic E-state index is 0.0145. The average molecular weight is 461 g/mol. The van der Waals surface area contributed by atoms with Crippen LogP contribution in [0.15, 0.2) is 48.7 Å². The lowest BCUT2D eigenvalue weighted by molar-refractivity contribution is -0.142. The fourth-order valence-electron chi connectivity index (χ4n) is 3.40. The van der Waals surface area contributed by atoms with Crippen LogP contribution >= 0.6 is 11.6 Å². The number of carbonyl (C=O) groups excluding carboxylic acids is 1. The minimum Gasteiger partial charge on any atom is -0.302 e. The van der Waals surface area contributed by atoms with Crippen molar-refractivity contribution in [1.29, 1.82) is 0 Å². The molecule has 164 valence electrons. The maximum absolute atomic E-state index is 13.6. The number of benzene rings is 1. The zero-order valence-electron chi connectivity index (χ0n) is 16.5. The Balaban J connectivity index is 1.42. The summed E-state index contributed by atoms with van der Waals surface area (Å²) in [4.78, 5) is 17.0. The molecule has 0 unspecified atom stereocenters. The predicted octanol–water partition coefficient (Wildman–Crippen LogP) is 4.78. The Morgan fingerprint density at radius 3 is 2.59 bits per heavy atom. The fraction of sp³-hybridized carbons (Fsp3) is 0.238. The summed E-state index contributed by atoms with van der Waals surface area (Å²) in [7, 11) is 0. The number of aromatic nitrogens is 5. The van der Waals surface area contributed by atoms with E-state index in [4.69, 9.17) is 11.6 Å². The van der Waals surface area contributed by atoms with Gasteiger partial charge in [0, 0.05) is 23.9 Å². The van der Waals surface area contributed by atoms with Gasteiger partial charge < -0.3 is 5.32 Å². The molecular weight excluding hydrogens is 445 g/mol. The highest BCUT2D eigenvalue weighted by atomic mass is 35.5. The highest BCUT2D eigenvalue weighted by Gasteiger charge is 2.37. The summed E-state index contributed by atoms with van der Waals surface area (Å²) < 4.78 is 42.9. The van der Waals surface area contributed by atoms with Gasteiger partial charge in [-0.05, 0) is 24.5 Å². The van der Waals surface area contributed by atoms with E-state index in [1.54, 1.807) is 10.9 Å². The molecular formula is C21H16ClF3N6O. The van der Waals surface area contributed by atoms with E-state index in [9.17, 15) is 18.0 Å². The number of nitrogens with one attached hydrogen (secondary N) is 1. The van der Waals surface area contributed by atoms with E-state index in [1.807, 2.05) is 30.3 Å². The molecule has 1 fully saturated rings. The second-order valence-corrected chi connectivity index (χ2v) is 8.01. The minimum atomic E-state index is -4.63. The van der Waals surface area contributed by atoms with Gasteiger partial charge in [0.1, 0.15) is 10.7 Å². The summed E-state index contributed by atoms with van der Waals surface area (Å²) >= 11 is 6.18. The number of halogens is 4. The highest BCUT2D eigenvalue weighted by Crippen LogP contribution is 2.41. The number of nitrogens with zero attached hydrogens (tertiary/aromatic N) is 5. The summed E-state index contributed by atoms with van der Waals surface area (Å²) in [6.07, 6.45) is -1.48. The van der Waals surface area contributed by atoms with Gasteiger partial charge in [0.25, 0.3) is 5.91 Å². The van der Waals surface area contributed by atoms with Gasteiger partial charge in [-0.25, -0.2) is 9.50 Å². The summed E-state index contributed by atoms with van der Waals surface area (Å²) in [6.45, 7) is 0.438. The second-order valence-electron chi connectivity index (χ2n) is 7.60. The molecule has 0 radical (unpaired) electrons. The first-order valence-corrected chi connectivity index (χ1v) is 10.2. The molecule has 1 saturated carbocycles. The van der Waals surface area contributed by atoms with Crippen LogP contribution < -0.4 is 5.32 Å². The monoisotopic (exact) mass is 460 g/mol. The molecule has 1 aliphatic rings. The van der Waals surface area contributed by atoms with Gasteiger partial charge in [0.05, 0.1) is 6.54 Å². The largest absolute Gasteiger partial charge is 0.433 e. The van der Waals surface area contributed by atoms with E-state index in [0.29, 0.717) is 16.8 Å². The number of hydrogen-bond acceptors (Lipinski definition) is 4. The van der Waals surface area contributed by atoms with Crippen molar-refractivity contribution in [2.24, 2.45) is 0 Å². The maximum Gasteiger partial charge on any atom is 0.433 e. The van der Waals surface area contributed by atoms with Crippen molar-refractivity contribution >= 4 is 29.0 Å². The first-order valence-electron chi connectivity index (χ1n) is 9.84. The van der Waals surface area contributed by atoms with Crippen LogP contribution in [0.4, 0.5) is 19.0 Å². The Bertz CT molecular complexity index is 1310. The van der Waals surface area contributed by atoms with Gasteiger partial charge in [0.15, 0.2) is 17.2 Å². The maximum atomic E-state index is 13.6. The van der Waals surface area contributed by atoms with E-state index in [1.165, 1.54) is 6.07 Å². The van der Waals surface area contributed by atoms with E-state index in [-0.39, 0.29) is 28.1 Å². The molecule has 1 amide bonds. The Hall–Kier alpha value is -3.40. The number of carbonyl (C=O) groups is 1. The van der Waals surface area contributed by atoms with Crippen molar-refractivity contribution in [2.75, 3.05) is 5.32 Å². The molecule has 3 aromatic heterocycles. The second kappa shape index (κ2) is 7.63. The first-order chi connectivity index (χ1) is 15.3. The lowest BCUT2D eigenvalue weighted by atomic mass is 10.2. The van der Waals surface area contributed by atoms with Crippen molar-refractivity contribution in [3.63, 3.8) is 0 Å². The van der Waals surface area contributed by atoms with Crippen LogP contribution in [0.25, 0.3) is 5.65 Å². The van der Waals surface area contributed by atoms with Crippen molar-refractivity contribution < 1.29 is 18.0 Å². The van der Waals surface area contributed by atoms with Crippen LogP contribution in [0.2, 0.25) is 5.02 Å². The Morgan fingerprint density at radius 1 is 1.16 bits per heavy atom. The molecule has 0 bridgehead atoms. The molecule has 4 aromatic rings. The zero-order valence-corrected chi connectivity index (χ0v) is 17.2. The number of fused-ring (bicyclic) bond motifs is 1. The molecule has 0 atom stereocenters. The van der Waals surface area contributed by atoms with Gasteiger partial charge in [0.2, 0.25) is 0 Å². The molecule has 32 heavy (non-hydrogen) atoms. The van der Waals surface area contributed by atoms with Crippen molar-refractivity contribution in [3.8, 4) is 0 Å². The Morgan fingerprint density at radius 2 is 1.91 bits per heavy atom. The molecule has 7 nitrogen and oxygen atoms in total. The van der Waals surface area contributed by atoms with Gasteiger partial charge in [-0.2, -0.15) is 23.4 Å². The SMILES string of the molecule is O=C(Nc1nn(Cc2ccccc2)cc1Cl)c1cc2nc(C3CC3)cc(C(F)(F)F)n2n1. The lowest BCUT2D eigenvalue weighted by Crippen LogP contribution is -2.16. The van der Waals surface area contributed by atoms with Crippen LogP contribution in [0.5, 0.6) is 0 Å². The van der Waals surface area contributed by atoms with Gasteiger partial charge in [-0.3, -0.25) is 9.48 Å². The number of anilines is 1. The molecule has 5 rings (SSSR count). The average Bonchev–Trinajstić information content (AvgIpc) is 3.42. The smallest absolute Gasteiger partial charge is 0.302 e. The van der Waals surface area contributed by atoms with Crippen LogP contribution in [-0.2, 0) is 12.7 Å². The molecule has 1 aliphatic carbocycles. The molecule has 0 spiro atoms. The summed E-state index contributed by atoms with van der Waals surface area (Å²) in [6, 6.07) is 11.8. The van der Waals surface area contributed by atoms with E-state index in [2.05, 4.69) is 20.5 Å². The quantitative estimate of drug-likeness (QED) is 0.465.